The van der Waals surface area contributed by atoms with Crippen molar-refractivity contribution in [1.29, 1.82) is 0 Å². The van der Waals surface area contributed by atoms with E-state index < -0.39 is 18.1 Å². The average molecular weight is 260 g/mol. The van der Waals surface area contributed by atoms with Gasteiger partial charge in [-0.1, -0.05) is 0 Å². The van der Waals surface area contributed by atoms with Crippen molar-refractivity contribution in [3.05, 3.63) is 0 Å². The fraction of sp³-hybridized carbons (Fsp3) is 0.800. The van der Waals surface area contributed by atoms with Gasteiger partial charge in [-0.05, 0) is 0 Å². The smallest absolute Gasteiger partial charge is 0.326 e. The van der Waals surface area contributed by atoms with Crippen LogP contribution in [0.25, 0.3) is 0 Å². The summed E-state index contributed by atoms with van der Waals surface area (Å²) >= 11 is 1.68. The van der Waals surface area contributed by atoms with Crippen LogP contribution in [0.3, 0.4) is 0 Å². The molecule has 0 saturated carbocycles. The molecule has 1 amide bonds. The minimum Gasteiger partial charge on any atom is -0.480 e. The number of hydrogen-bond donors (Lipinski definition) is 3. The first-order valence-corrected chi connectivity index (χ1v) is 6.77. The zero-order valence-corrected chi connectivity index (χ0v) is 10.2. The van der Waals surface area contributed by atoms with Crippen LogP contribution < -0.4 is 5.32 Å². The van der Waals surface area contributed by atoms with Crippen LogP contribution in [-0.4, -0.2) is 69.8 Å². The Hall–Kier alpha value is -0.790. The zero-order valence-electron chi connectivity index (χ0n) is 9.33. The van der Waals surface area contributed by atoms with Crippen LogP contribution in [0, 0.1) is 0 Å². The third-order valence-corrected chi connectivity index (χ3v) is 4.13. The Morgan fingerprint density at radius 2 is 2.18 bits per heavy atom. The molecule has 7 heteroatoms. The highest BCUT2D eigenvalue weighted by Gasteiger charge is 2.41. The summed E-state index contributed by atoms with van der Waals surface area (Å²) in [5.41, 5.74) is 0. The van der Waals surface area contributed by atoms with Crippen LogP contribution in [0.4, 0.5) is 0 Å². The number of carboxylic acids is 1. The highest BCUT2D eigenvalue weighted by molar-refractivity contribution is 7.99. The maximum Gasteiger partial charge on any atom is 0.326 e. The van der Waals surface area contributed by atoms with Crippen molar-refractivity contribution in [2.75, 3.05) is 24.6 Å². The zero-order chi connectivity index (χ0) is 12.4. The summed E-state index contributed by atoms with van der Waals surface area (Å²) in [5, 5.41) is 21.6. The minimum absolute atomic E-state index is 0.124. The Kier molecular flexibility index (Phi) is 3.90. The van der Waals surface area contributed by atoms with E-state index in [4.69, 9.17) is 5.11 Å². The maximum absolute atomic E-state index is 12.1. The number of carboxylic acid groups (broad SMARTS) is 1. The second-order valence-electron chi connectivity index (χ2n) is 4.32. The predicted octanol–water partition coefficient (Wildman–Crippen LogP) is -1.26. The number of aliphatic hydroxyl groups is 1. The van der Waals surface area contributed by atoms with Gasteiger partial charge in [0, 0.05) is 31.0 Å². The summed E-state index contributed by atoms with van der Waals surface area (Å²) in [6.45, 7) is 0.883. The molecule has 0 aromatic rings. The van der Waals surface area contributed by atoms with E-state index >= 15 is 0 Å². The van der Waals surface area contributed by atoms with E-state index in [1.807, 2.05) is 0 Å². The average Bonchev–Trinajstić information content (AvgIpc) is 2.72. The molecule has 2 rings (SSSR count). The molecule has 17 heavy (non-hydrogen) atoms. The molecule has 0 radical (unpaired) electrons. The van der Waals surface area contributed by atoms with E-state index in [1.54, 1.807) is 11.8 Å². The lowest BCUT2D eigenvalue weighted by Crippen LogP contribution is -2.53. The van der Waals surface area contributed by atoms with E-state index in [-0.39, 0.29) is 24.9 Å². The molecule has 6 nitrogen and oxygen atoms in total. The van der Waals surface area contributed by atoms with Crippen molar-refractivity contribution < 1.29 is 19.8 Å². The molecule has 2 saturated heterocycles. The van der Waals surface area contributed by atoms with E-state index in [0.29, 0.717) is 5.75 Å². The van der Waals surface area contributed by atoms with Crippen molar-refractivity contribution in [3.8, 4) is 0 Å². The number of carbonyl (C=O) groups excluding carboxylic acids is 1. The minimum atomic E-state index is -1.04. The first-order valence-electron chi connectivity index (χ1n) is 5.62. The number of carbonyl (C=O) groups is 2. The van der Waals surface area contributed by atoms with Crippen LogP contribution >= 0.6 is 11.8 Å². The van der Waals surface area contributed by atoms with E-state index in [9.17, 15) is 14.7 Å². The van der Waals surface area contributed by atoms with Crippen molar-refractivity contribution >= 4 is 23.6 Å². The predicted molar refractivity (Wildman–Crippen MR) is 62.9 cm³/mol. The second kappa shape index (κ2) is 5.24. The lowest BCUT2D eigenvalue weighted by molar-refractivity contribution is -0.148. The number of aliphatic carboxylic acids is 1. The summed E-state index contributed by atoms with van der Waals surface area (Å²) < 4.78 is 0. The standard InChI is InChI=1S/C10H16N2O4S/c13-6-3-8(10(15)16)12(4-6)9(14)7-5-17-2-1-11-7/h6-8,11,13H,1-5H2,(H,15,16)/t6-,7?,8-/m1/s1. The number of aliphatic hydroxyl groups excluding tert-OH is 1. The van der Waals surface area contributed by atoms with E-state index in [2.05, 4.69) is 5.32 Å². The van der Waals surface area contributed by atoms with Gasteiger partial charge < -0.3 is 20.4 Å². The molecule has 2 fully saturated rings. The van der Waals surface area contributed by atoms with Crippen molar-refractivity contribution in [2.45, 2.75) is 24.6 Å². The van der Waals surface area contributed by atoms with Gasteiger partial charge in [0.25, 0.3) is 0 Å². The third-order valence-electron chi connectivity index (χ3n) is 3.07. The highest BCUT2D eigenvalue weighted by atomic mass is 32.2. The first-order chi connectivity index (χ1) is 8.09. The highest BCUT2D eigenvalue weighted by Crippen LogP contribution is 2.20. The van der Waals surface area contributed by atoms with E-state index in [1.165, 1.54) is 4.90 Å². The van der Waals surface area contributed by atoms with Gasteiger partial charge in [0.1, 0.15) is 6.04 Å². The Labute approximate surface area is 103 Å². The molecule has 1 unspecified atom stereocenters. The molecule has 3 atom stereocenters. The summed E-state index contributed by atoms with van der Waals surface area (Å²) in [6.07, 6.45) is -0.600. The van der Waals surface area contributed by atoms with Gasteiger partial charge in [-0.2, -0.15) is 11.8 Å². The molecule has 0 aromatic heterocycles. The number of hydrogen-bond acceptors (Lipinski definition) is 5. The fourth-order valence-electron chi connectivity index (χ4n) is 2.22. The molecule has 0 aliphatic carbocycles. The van der Waals surface area contributed by atoms with Crippen molar-refractivity contribution in [1.82, 2.24) is 10.2 Å². The van der Waals surface area contributed by atoms with Crippen LogP contribution in [0.1, 0.15) is 6.42 Å². The molecular formula is C10H16N2O4S. The quantitative estimate of drug-likeness (QED) is 0.574. The lowest BCUT2D eigenvalue weighted by atomic mass is 10.2. The van der Waals surface area contributed by atoms with Gasteiger partial charge in [0.05, 0.1) is 12.1 Å². The van der Waals surface area contributed by atoms with Crippen LogP contribution in [-0.2, 0) is 9.59 Å². The Balaban J connectivity index is 2.04. The Morgan fingerprint density at radius 1 is 1.41 bits per heavy atom. The lowest BCUT2D eigenvalue weighted by Gasteiger charge is -2.29. The van der Waals surface area contributed by atoms with Crippen LogP contribution in [0.5, 0.6) is 0 Å². The summed E-state index contributed by atoms with van der Waals surface area (Å²) in [4.78, 5) is 24.4. The van der Waals surface area contributed by atoms with Crippen LogP contribution in [0.2, 0.25) is 0 Å². The molecule has 0 spiro atoms. The molecule has 3 N–H and O–H groups in total. The van der Waals surface area contributed by atoms with Gasteiger partial charge >= 0.3 is 5.97 Å². The van der Waals surface area contributed by atoms with Gasteiger partial charge in [0.15, 0.2) is 0 Å². The summed E-state index contributed by atoms with van der Waals surface area (Å²) in [5.74, 6) is 0.381. The van der Waals surface area contributed by atoms with E-state index in [0.717, 1.165) is 12.3 Å². The number of likely N-dealkylation sites (tertiary alicyclic amines) is 1. The number of nitrogens with one attached hydrogen (secondary N) is 1. The maximum atomic E-state index is 12.1. The number of thioether (sulfide) groups is 1. The summed E-state index contributed by atoms with van der Waals surface area (Å²) in [6, 6.07) is -1.20. The number of nitrogens with zero attached hydrogens (tertiary/aromatic N) is 1. The third kappa shape index (κ3) is 2.72. The number of rotatable bonds is 2. The Morgan fingerprint density at radius 3 is 2.76 bits per heavy atom. The summed E-state index contributed by atoms with van der Waals surface area (Å²) in [7, 11) is 0. The molecule has 0 bridgehead atoms. The van der Waals surface area contributed by atoms with Crippen LogP contribution in [0.15, 0.2) is 0 Å². The number of β-amino-alcohol motifs (C(OH)–C–C–N with tert-alkyl or cyclic N) is 1. The SMILES string of the molecule is O=C(O)[C@H]1C[C@@H](O)CN1C(=O)C1CSCCN1. The molecule has 0 aromatic carbocycles. The molecule has 96 valence electrons. The van der Waals surface area contributed by atoms with Gasteiger partial charge in [-0.25, -0.2) is 4.79 Å². The normalized spacial score (nSPS) is 33.7. The largest absolute Gasteiger partial charge is 0.480 e. The molecular weight excluding hydrogens is 244 g/mol. The fourth-order valence-corrected chi connectivity index (χ4v) is 3.14. The number of amides is 1. The molecule has 2 aliphatic heterocycles. The van der Waals surface area contributed by atoms with Gasteiger partial charge in [-0.3, -0.25) is 4.79 Å². The Bertz CT molecular complexity index is 319. The molecule has 2 aliphatic rings. The monoisotopic (exact) mass is 260 g/mol. The topological polar surface area (TPSA) is 89.9 Å². The van der Waals surface area contributed by atoms with Crippen molar-refractivity contribution in [2.24, 2.45) is 0 Å². The van der Waals surface area contributed by atoms with Gasteiger partial charge in [0.2, 0.25) is 5.91 Å². The van der Waals surface area contributed by atoms with Crippen molar-refractivity contribution in [3.63, 3.8) is 0 Å². The van der Waals surface area contributed by atoms with Gasteiger partial charge in [-0.15, -0.1) is 0 Å². The molecule has 2 heterocycles. The second-order valence-corrected chi connectivity index (χ2v) is 5.47. The first kappa shape index (κ1) is 12.7.